The van der Waals surface area contributed by atoms with Crippen molar-refractivity contribution in [2.45, 2.75) is 20.1 Å². The van der Waals surface area contributed by atoms with Crippen LogP contribution in [0, 0.1) is 3.57 Å². The van der Waals surface area contributed by atoms with Gasteiger partial charge >= 0.3 is 5.97 Å². The first kappa shape index (κ1) is 19.2. The van der Waals surface area contributed by atoms with Crippen LogP contribution in [0.4, 0.5) is 0 Å². The molecule has 0 saturated carbocycles. The first-order valence-electron chi connectivity index (χ1n) is 8.06. The highest BCUT2D eigenvalue weighted by Gasteiger charge is 2.33. The molecule has 0 fully saturated rings. The molecule has 0 unspecified atom stereocenters. The second kappa shape index (κ2) is 7.95. The second-order valence-electron chi connectivity index (χ2n) is 5.75. The minimum atomic E-state index is -0.647. The number of ether oxygens (including phenoxy) is 3. The molecule has 0 bridgehead atoms. The molecule has 0 radical (unpaired) electrons. The van der Waals surface area contributed by atoms with Crippen molar-refractivity contribution in [2.24, 2.45) is 5.10 Å². The number of benzene rings is 2. The summed E-state index contributed by atoms with van der Waals surface area (Å²) in [5, 5.41) is 5.62. The van der Waals surface area contributed by atoms with Crippen LogP contribution in [-0.4, -0.2) is 29.9 Å². The number of hydrazone groups is 1. The van der Waals surface area contributed by atoms with Gasteiger partial charge in [0.1, 0.15) is 0 Å². The van der Waals surface area contributed by atoms with Crippen LogP contribution in [0.3, 0.4) is 0 Å². The fourth-order valence-corrected chi connectivity index (χ4v) is 3.17. The zero-order valence-electron chi connectivity index (χ0n) is 14.9. The number of esters is 1. The molecule has 8 heteroatoms. The maximum Gasteiger partial charge on any atom is 0.308 e. The van der Waals surface area contributed by atoms with Crippen molar-refractivity contribution in [1.29, 1.82) is 0 Å². The summed E-state index contributed by atoms with van der Waals surface area (Å²) in [6, 6.07) is 12.6. The molecule has 1 aliphatic heterocycles. The minimum absolute atomic E-state index is 0.239. The third-order valence-electron chi connectivity index (χ3n) is 3.76. The molecule has 1 amide bonds. The van der Waals surface area contributed by atoms with E-state index in [2.05, 4.69) is 27.7 Å². The number of halogens is 1. The number of rotatable bonds is 4. The zero-order chi connectivity index (χ0) is 19.6. The number of nitrogens with zero attached hydrogens (tertiary/aromatic N) is 2. The van der Waals surface area contributed by atoms with Crippen molar-refractivity contribution in [3.05, 3.63) is 57.2 Å². The molecule has 2 aromatic rings. The summed E-state index contributed by atoms with van der Waals surface area (Å²) in [5.41, 5.74) is 1.42. The molecule has 1 atom stereocenters. The van der Waals surface area contributed by atoms with Crippen molar-refractivity contribution in [3.8, 4) is 11.5 Å². The van der Waals surface area contributed by atoms with Crippen LogP contribution in [0.2, 0.25) is 0 Å². The van der Waals surface area contributed by atoms with Crippen LogP contribution in [0.15, 0.2) is 47.6 Å². The van der Waals surface area contributed by atoms with Gasteiger partial charge in [0, 0.05) is 28.5 Å². The highest BCUT2D eigenvalue weighted by atomic mass is 127. The number of amides is 1. The molecule has 27 heavy (non-hydrogen) atoms. The predicted molar refractivity (Wildman–Crippen MR) is 106 cm³/mol. The lowest BCUT2D eigenvalue weighted by molar-refractivity contribution is -0.135. The van der Waals surface area contributed by atoms with E-state index in [0.29, 0.717) is 17.1 Å². The van der Waals surface area contributed by atoms with Crippen LogP contribution >= 0.6 is 22.6 Å². The van der Waals surface area contributed by atoms with Crippen LogP contribution in [0.1, 0.15) is 31.2 Å². The Bertz CT molecular complexity index is 928. The molecule has 7 nitrogen and oxygen atoms in total. The van der Waals surface area contributed by atoms with E-state index in [-0.39, 0.29) is 11.8 Å². The lowest BCUT2D eigenvalue weighted by Gasteiger charge is -2.19. The average molecular weight is 480 g/mol. The van der Waals surface area contributed by atoms with E-state index in [1.165, 1.54) is 26.0 Å². The van der Waals surface area contributed by atoms with Gasteiger partial charge in [-0.15, -0.1) is 5.10 Å². The normalized spacial score (nSPS) is 15.8. The third kappa shape index (κ3) is 4.21. The van der Waals surface area contributed by atoms with Gasteiger partial charge in [-0.1, -0.05) is 12.1 Å². The summed E-state index contributed by atoms with van der Waals surface area (Å²) in [5.74, 6) is 0.252. The lowest BCUT2D eigenvalue weighted by Crippen LogP contribution is -2.25. The van der Waals surface area contributed by atoms with Gasteiger partial charge < -0.3 is 14.2 Å². The molecule has 1 aliphatic rings. The van der Waals surface area contributed by atoms with E-state index in [9.17, 15) is 9.59 Å². The average Bonchev–Trinajstić information content (AvgIpc) is 3.07. The van der Waals surface area contributed by atoms with Gasteiger partial charge in [0.05, 0.1) is 7.11 Å². The van der Waals surface area contributed by atoms with Crippen molar-refractivity contribution < 1.29 is 23.8 Å². The minimum Gasteiger partial charge on any atom is -0.493 e. The SMILES string of the molecule is COc1cc(C2=NN(C(C)=O)[C@@H](c3cccc(I)c3)O2)ccc1OC(C)=O. The van der Waals surface area contributed by atoms with E-state index >= 15 is 0 Å². The Morgan fingerprint density at radius 3 is 2.56 bits per heavy atom. The largest absolute Gasteiger partial charge is 0.493 e. The molecule has 0 aromatic heterocycles. The molecular formula is C19H17IN2O5. The van der Waals surface area contributed by atoms with Gasteiger partial charge in [-0.3, -0.25) is 9.59 Å². The number of hydrogen-bond acceptors (Lipinski definition) is 6. The van der Waals surface area contributed by atoms with Gasteiger partial charge in [0.2, 0.25) is 18.0 Å². The van der Waals surface area contributed by atoms with Gasteiger partial charge in [0.25, 0.3) is 0 Å². The van der Waals surface area contributed by atoms with E-state index in [1.807, 2.05) is 24.3 Å². The van der Waals surface area contributed by atoms with Gasteiger partial charge in [-0.2, -0.15) is 5.01 Å². The maximum absolute atomic E-state index is 12.0. The Balaban J connectivity index is 1.94. The van der Waals surface area contributed by atoms with E-state index in [0.717, 1.165) is 9.13 Å². The number of methoxy groups -OCH3 is 1. The fraction of sp³-hybridized carbons (Fsp3) is 0.211. The second-order valence-corrected chi connectivity index (χ2v) is 7.00. The quantitative estimate of drug-likeness (QED) is 0.381. The first-order chi connectivity index (χ1) is 12.9. The Morgan fingerprint density at radius 1 is 1.15 bits per heavy atom. The number of hydrogen-bond donors (Lipinski definition) is 0. The molecule has 0 spiro atoms. The van der Waals surface area contributed by atoms with Crippen LogP contribution in [0.5, 0.6) is 11.5 Å². The van der Waals surface area contributed by atoms with E-state index in [4.69, 9.17) is 14.2 Å². The maximum atomic E-state index is 12.0. The molecular weight excluding hydrogens is 463 g/mol. The fourth-order valence-electron chi connectivity index (χ4n) is 2.60. The summed E-state index contributed by atoms with van der Waals surface area (Å²) >= 11 is 2.20. The Kier molecular flexibility index (Phi) is 5.64. The van der Waals surface area contributed by atoms with Crippen molar-refractivity contribution >= 4 is 40.4 Å². The Hall–Kier alpha value is -2.62. The van der Waals surface area contributed by atoms with Crippen LogP contribution in [0.25, 0.3) is 0 Å². The summed E-state index contributed by atoms with van der Waals surface area (Å²) in [6.45, 7) is 2.75. The zero-order valence-corrected chi connectivity index (χ0v) is 17.1. The topological polar surface area (TPSA) is 77.4 Å². The smallest absolute Gasteiger partial charge is 0.308 e. The molecule has 140 valence electrons. The molecule has 0 aliphatic carbocycles. The highest BCUT2D eigenvalue weighted by Crippen LogP contribution is 2.34. The molecule has 2 aromatic carbocycles. The Morgan fingerprint density at radius 2 is 1.93 bits per heavy atom. The van der Waals surface area contributed by atoms with E-state index in [1.54, 1.807) is 18.2 Å². The standard InChI is InChI=1S/C19H17IN2O5/c1-11(23)22-19(14-5-4-6-15(20)9-14)27-18(21-22)13-7-8-16(26-12(2)24)17(10-13)25-3/h4-10,19H,1-3H3/t19-/m1/s1. The first-order valence-corrected chi connectivity index (χ1v) is 9.14. The van der Waals surface area contributed by atoms with Gasteiger partial charge in [-0.25, -0.2) is 0 Å². The molecule has 1 heterocycles. The van der Waals surface area contributed by atoms with Crippen molar-refractivity contribution in [1.82, 2.24) is 5.01 Å². The predicted octanol–water partition coefficient (Wildman–Crippen LogP) is 3.46. The molecule has 3 rings (SSSR count). The van der Waals surface area contributed by atoms with Gasteiger partial charge in [0.15, 0.2) is 11.5 Å². The van der Waals surface area contributed by atoms with E-state index < -0.39 is 12.2 Å². The summed E-state index contributed by atoms with van der Waals surface area (Å²) in [4.78, 5) is 23.2. The summed E-state index contributed by atoms with van der Waals surface area (Å²) < 4.78 is 17.4. The molecule has 0 N–H and O–H groups in total. The number of carbonyl (C=O) groups excluding carboxylic acids is 2. The number of carbonyl (C=O) groups is 2. The summed E-state index contributed by atoms with van der Waals surface area (Å²) in [7, 11) is 1.47. The monoisotopic (exact) mass is 480 g/mol. The van der Waals surface area contributed by atoms with Crippen molar-refractivity contribution in [3.63, 3.8) is 0 Å². The molecule has 0 saturated heterocycles. The van der Waals surface area contributed by atoms with Crippen LogP contribution in [-0.2, 0) is 14.3 Å². The van der Waals surface area contributed by atoms with Crippen LogP contribution < -0.4 is 9.47 Å². The lowest BCUT2D eigenvalue weighted by atomic mass is 10.2. The highest BCUT2D eigenvalue weighted by molar-refractivity contribution is 14.1. The summed E-state index contributed by atoms with van der Waals surface area (Å²) in [6.07, 6.45) is -0.647. The third-order valence-corrected chi connectivity index (χ3v) is 4.44. The Labute approximate surface area is 170 Å². The van der Waals surface area contributed by atoms with Crippen molar-refractivity contribution in [2.75, 3.05) is 7.11 Å². The van der Waals surface area contributed by atoms with Gasteiger partial charge in [-0.05, 0) is 52.9 Å².